The summed E-state index contributed by atoms with van der Waals surface area (Å²) < 4.78 is 40.9. The molecule has 2 aromatic carbocycles. The fourth-order valence-electron chi connectivity index (χ4n) is 3.66. The summed E-state index contributed by atoms with van der Waals surface area (Å²) in [4.78, 5) is 15.1. The monoisotopic (exact) mass is 442 g/mol. The van der Waals surface area contributed by atoms with Crippen LogP contribution < -0.4 is 0 Å². The first-order chi connectivity index (χ1) is 15.1. The van der Waals surface area contributed by atoms with Gasteiger partial charge in [-0.25, -0.2) is 0 Å². The summed E-state index contributed by atoms with van der Waals surface area (Å²) in [6, 6.07) is 16.6. The highest BCUT2D eigenvalue weighted by molar-refractivity contribution is 5.94. The second-order valence-electron chi connectivity index (χ2n) is 8.61. The molecule has 0 saturated heterocycles. The van der Waals surface area contributed by atoms with Crippen LogP contribution in [0.2, 0.25) is 0 Å². The van der Waals surface area contributed by atoms with E-state index in [-0.39, 0.29) is 23.4 Å². The number of benzene rings is 2. The molecule has 3 rings (SSSR count). The summed E-state index contributed by atoms with van der Waals surface area (Å²) in [5, 5.41) is 0. The number of carbonyl (C=O) groups is 1. The number of hydrogen-bond acceptors (Lipinski definition) is 1. The van der Waals surface area contributed by atoms with Crippen LogP contribution in [0.5, 0.6) is 0 Å². The summed E-state index contributed by atoms with van der Waals surface area (Å²) in [7, 11) is 0. The fraction of sp³-hybridized carbons (Fsp3) is 0.346. The van der Waals surface area contributed by atoms with Crippen LogP contribution in [0.3, 0.4) is 0 Å². The molecular formula is C26H29F3N2O. The molecule has 6 heteroatoms. The average molecular weight is 443 g/mol. The molecule has 170 valence electrons. The third-order valence-corrected chi connectivity index (χ3v) is 5.87. The molecule has 0 fully saturated rings. The van der Waals surface area contributed by atoms with Gasteiger partial charge < -0.3 is 9.47 Å². The van der Waals surface area contributed by atoms with Crippen LogP contribution in [0.15, 0.2) is 66.9 Å². The number of carbonyl (C=O) groups excluding carboxylic acids is 1. The van der Waals surface area contributed by atoms with Gasteiger partial charge in [-0.1, -0.05) is 43.7 Å². The van der Waals surface area contributed by atoms with Gasteiger partial charge in [0.1, 0.15) is 0 Å². The first-order valence-electron chi connectivity index (χ1n) is 10.7. The summed E-state index contributed by atoms with van der Waals surface area (Å²) in [6.45, 7) is 9.14. The summed E-state index contributed by atoms with van der Waals surface area (Å²) in [6.07, 6.45) is -2.44. The van der Waals surface area contributed by atoms with Crippen molar-refractivity contribution in [3.8, 4) is 0 Å². The van der Waals surface area contributed by atoms with Gasteiger partial charge in [0.25, 0.3) is 5.91 Å². The van der Waals surface area contributed by atoms with E-state index in [2.05, 4.69) is 29.7 Å². The third-order valence-electron chi connectivity index (χ3n) is 5.87. The van der Waals surface area contributed by atoms with E-state index in [1.165, 1.54) is 23.3 Å². The minimum atomic E-state index is -4.43. The van der Waals surface area contributed by atoms with Crippen LogP contribution in [0.1, 0.15) is 53.5 Å². The molecule has 0 aliphatic rings. The molecule has 1 aromatic heterocycles. The minimum absolute atomic E-state index is 0.0906. The maximum absolute atomic E-state index is 13.3. The van der Waals surface area contributed by atoms with Gasteiger partial charge in [-0.2, -0.15) is 13.2 Å². The molecule has 1 atom stereocenters. The normalized spacial score (nSPS) is 12.8. The number of aryl methyl sites for hydroxylation is 1. The highest BCUT2D eigenvalue weighted by Gasteiger charge is 2.31. The van der Waals surface area contributed by atoms with Crippen LogP contribution in [0, 0.1) is 12.8 Å². The van der Waals surface area contributed by atoms with Crippen LogP contribution in [-0.2, 0) is 19.3 Å². The lowest BCUT2D eigenvalue weighted by molar-refractivity contribution is -0.137. The molecule has 0 aliphatic heterocycles. The van der Waals surface area contributed by atoms with E-state index >= 15 is 0 Å². The smallest absolute Gasteiger partial charge is 0.345 e. The number of halogens is 3. The molecule has 0 aliphatic carbocycles. The number of alkyl halides is 3. The standard InChI is InChI=1S/C26H29F3N2O/c1-18(2)20(4)31(25(32)22-10-12-23(13-11-22)26(27,28)29)17-24-9-6-14-30(24)16-21-8-5-7-19(3)15-21/h5-15,18,20H,16-17H2,1-4H3/t20-/m0/s1. The number of rotatable bonds is 7. The average Bonchev–Trinajstić information content (AvgIpc) is 3.17. The molecule has 3 aromatic rings. The second kappa shape index (κ2) is 9.63. The number of aromatic nitrogens is 1. The second-order valence-corrected chi connectivity index (χ2v) is 8.61. The van der Waals surface area contributed by atoms with Crippen molar-refractivity contribution in [3.63, 3.8) is 0 Å². The van der Waals surface area contributed by atoms with Gasteiger partial charge in [0.2, 0.25) is 0 Å². The minimum Gasteiger partial charge on any atom is -0.345 e. The van der Waals surface area contributed by atoms with Crippen LogP contribution in [0.25, 0.3) is 0 Å². The van der Waals surface area contributed by atoms with E-state index in [1.54, 1.807) is 4.90 Å². The Bertz CT molecular complexity index is 1050. The lowest BCUT2D eigenvalue weighted by Crippen LogP contribution is -2.41. The maximum Gasteiger partial charge on any atom is 0.416 e. The highest BCUT2D eigenvalue weighted by atomic mass is 19.4. The predicted molar refractivity (Wildman–Crippen MR) is 120 cm³/mol. The van der Waals surface area contributed by atoms with Crippen molar-refractivity contribution in [1.29, 1.82) is 0 Å². The first kappa shape index (κ1) is 23.6. The predicted octanol–water partition coefficient (Wildman–Crippen LogP) is 6.55. The van der Waals surface area contributed by atoms with Crippen molar-refractivity contribution in [1.82, 2.24) is 9.47 Å². The zero-order valence-corrected chi connectivity index (χ0v) is 18.9. The van der Waals surface area contributed by atoms with E-state index in [1.807, 2.05) is 45.2 Å². The molecule has 0 radical (unpaired) electrons. The third kappa shape index (κ3) is 5.61. The van der Waals surface area contributed by atoms with Gasteiger partial charge in [0.05, 0.1) is 12.1 Å². The van der Waals surface area contributed by atoms with Gasteiger partial charge in [0.15, 0.2) is 0 Å². The maximum atomic E-state index is 13.3. The van der Waals surface area contributed by atoms with Crippen molar-refractivity contribution in [2.75, 3.05) is 0 Å². The lowest BCUT2D eigenvalue weighted by Gasteiger charge is -2.32. The Morgan fingerprint density at radius 2 is 1.69 bits per heavy atom. The Labute approximate surface area is 187 Å². The number of hydrogen-bond donors (Lipinski definition) is 0. The molecular weight excluding hydrogens is 413 g/mol. The van der Waals surface area contributed by atoms with Crippen molar-refractivity contribution in [2.45, 2.75) is 53.0 Å². The van der Waals surface area contributed by atoms with E-state index in [4.69, 9.17) is 0 Å². The molecule has 0 N–H and O–H groups in total. The molecule has 32 heavy (non-hydrogen) atoms. The molecule has 1 heterocycles. The van der Waals surface area contributed by atoms with Crippen molar-refractivity contribution < 1.29 is 18.0 Å². The molecule has 0 saturated carbocycles. The zero-order valence-electron chi connectivity index (χ0n) is 18.9. The van der Waals surface area contributed by atoms with Crippen molar-refractivity contribution in [2.24, 2.45) is 5.92 Å². The van der Waals surface area contributed by atoms with Crippen molar-refractivity contribution in [3.05, 3.63) is 94.8 Å². The topological polar surface area (TPSA) is 25.2 Å². The summed E-state index contributed by atoms with van der Waals surface area (Å²) >= 11 is 0. The largest absolute Gasteiger partial charge is 0.416 e. The Balaban J connectivity index is 1.86. The quantitative estimate of drug-likeness (QED) is 0.407. The SMILES string of the molecule is Cc1cccc(Cn2cccc2CN(C(=O)c2ccc(C(F)(F)F)cc2)[C@@H](C)C(C)C)c1. The lowest BCUT2D eigenvalue weighted by atomic mass is 10.0. The van der Waals surface area contributed by atoms with Gasteiger partial charge >= 0.3 is 6.18 Å². The summed E-state index contributed by atoms with van der Waals surface area (Å²) in [5.41, 5.74) is 2.81. The Hall–Kier alpha value is -3.02. The molecule has 0 unspecified atom stereocenters. The first-order valence-corrected chi connectivity index (χ1v) is 10.7. The fourth-order valence-corrected chi connectivity index (χ4v) is 3.66. The van der Waals surface area contributed by atoms with Crippen LogP contribution in [-0.4, -0.2) is 21.4 Å². The van der Waals surface area contributed by atoms with Crippen molar-refractivity contribution >= 4 is 5.91 Å². The van der Waals surface area contributed by atoms with E-state index in [9.17, 15) is 18.0 Å². The number of amides is 1. The molecule has 0 bridgehead atoms. The molecule has 1 amide bonds. The summed E-state index contributed by atoms with van der Waals surface area (Å²) in [5.74, 6) is -0.0863. The van der Waals surface area contributed by atoms with E-state index in [0.29, 0.717) is 13.1 Å². The van der Waals surface area contributed by atoms with E-state index in [0.717, 1.165) is 17.8 Å². The zero-order chi connectivity index (χ0) is 23.5. The Morgan fingerprint density at radius 3 is 2.28 bits per heavy atom. The Morgan fingerprint density at radius 1 is 1.00 bits per heavy atom. The van der Waals surface area contributed by atoms with E-state index < -0.39 is 11.7 Å². The van der Waals surface area contributed by atoms with Crippen LogP contribution in [0.4, 0.5) is 13.2 Å². The van der Waals surface area contributed by atoms with Gasteiger partial charge in [0, 0.05) is 30.0 Å². The van der Waals surface area contributed by atoms with Gasteiger partial charge in [-0.15, -0.1) is 0 Å². The molecule has 3 nitrogen and oxygen atoms in total. The van der Waals surface area contributed by atoms with Gasteiger partial charge in [-0.05, 0) is 61.7 Å². The van der Waals surface area contributed by atoms with Crippen LogP contribution >= 0.6 is 0 Å². The number of nitrogens with zero attached hydrogens (tertiary/aromatic N) is 2. The van der Waals surface area contributed by atoms with Gasteiger partial charge in [-0.3, -0.25) is 4.79 Å². The molecule has 0 spiro atoms. The highest BCUT2D eigenvalue weighted by Crippen LogP contribution is 2.29. The Kier molecular flexibility index (Phi) is 7.12.